The van der Waals surface area contributed by atoms with Crippen LogP contribution in [0.1, 0.15) is 34.5 Å². The van der Waals surface area contributed by atoms with Crippen LogP contribution in [-0.2, 0) is 0 Å². The van der Waals surface area contributed by atoms with E-state index in [0.717, 1.165) is 30.9 Å². The first kappa shape index (κ1) is 11.0. The van der Waals surface area contributed by atoms with Crippen molar-refractivity contribution >= 4 is 22.3 Å². The van der Waals surface area contributed by atoms with Crippen LogP contribution in [0.2, 0.25) is 0 Å². The summed E-state index contributed by atoms with van der Waals surface area (Å²) in [6, 6.07) is 3.54. The lowest BCUT2D eigenvalue weighted by Crippen LogP contribution is -2.29. The first-order valence-corrected chi connectivity index (χ1v) is 6.06. The van der Waals surface area contributed by atoms with Gasteiger partial charge in [-0.25, -0.2) is 4.79 Å². The summed E-state index contributed by atoms with van der Waals surface area (Å²) in [6.45, 7) is 1.85. The molecule has 0 atom stereocenters. The summed E-state index contributed by atoms with van der Waals surface area (Å²) < 4.78 is 0. The summed E-state index contributed by atoms with van der Waals surface area (Å²) >= 11 is 1.20. The number of nitrogens with zero attached hydrogens (tertiary/aromatic N) is 2. The molecule has 2 rings (SSSR count). The van der Waals surface area contributed by atoms with Crippen LogP contribution < -0.4 is 4.90 Å². The molecule has 0 aromatic carbocycles. The summed E-state index contributed by atoms with van der Waals surface area (Å²) in [6.07, 6.45) is 3.45. The quantitative estimate of drug-likeness (QED) is 0.855. The van der Waals surface area contributed by atoms with Gasteiger partial charge < -0.3 is 10.0 Å². The standard InChI is InChI=1S/C11H12N2O2S/c12-7-8-6-9(11(14)15)16-10(8)13-4-2-1-3-5-13/h6H,1-5H2,(H,14,15). The number of thiophene rings is 1. The van der Waals surface area contributed by atoms with E-state index in [1.54, 1.807) is 0 Å². The van der Waals surface area contributed by atoms with Crippen LogP contribution >= 0.6 is 11.3 Å². The molecule has 0 radical (unpaired) electrons. The van der Waals surface area contributed by atoms with Gasteiger partial charge in [0.2, 0.25) is 0 Å². The highest BCUT2D eigenvalue weighted by Gasteiger charge is 2.20. The predicted molar refractivity (Wildman–Crippen MR) is 62.1 cm³/mol. The molecule has 1 aliphatic rings. The number of rotatable bonds is 2. The summed E-state index contributed by atoms with van der Waals surface area (Å²) in [5.74, 6) is -0.954. The van der Waals surface area contributed by atoms with Crippen molar-refractivity contribution in [3.8, 4) is 6.07 Å². The molecule has 0 aliphatic carbocycles. The van der Waals surface area contributed by atoms with Crippen LogP contribution in [0.3, 0.4) is 0 Å². The van der Waals surface area contributed by atoms with Crippen molar-refractivity contribution in [2.24, 2.45) is 0 Å². The third-order valence-electron chi connectivity index (χ3n) is 2.69. The Kier molecular flexibility index (Phi) is 3.11. The second-order valence-corrected chi connectivity index (χ2v) is 4.82. The fourth-order valence-corrected chi connectivity index (χ4v) is 2.90. The van der Waals surface area contributed by atoms with Crippen molar-refractivity contribution < 1.29 is 9.90 Å². The molecule has 1 fully saturated rings. The second kappa shape index (κ2) is 4.54. The van der Waals surface area contributed by atoms with Crippen LogP contribution in [-0.4, -0.2) is 24.2 Å². The molecule has 0 amide bonds. The van der Waals surface area contributed by atoms with Crippen molar-refractivity contribution in [2.75, 3.05) is 18.0 Å². The highest BCUT2D eigenvalue weighted by molar-refractivity contribution is 7.18. The molecule has 4 nitrogen and oxygen atoms in total. The van der Waals surface area contributed by atoms with Crippen LogP contribution in [0.25, 0.3) is 0 Å². The number of carboxylic acids is 1. The first-order valence-electron chi connectivity index (χ1n) is 5.24. The van der Waals surface area contributed by atoms with Crippen molar-refractivity contribution in [3.05, 3.63) is 16.5 Å². The van der Waals surface area contributed by atoms with Crippen LogP contribution in [0.5, 0.6) is 0 Å². The largest absolute Gasteiger partial charge is 0.477 e. The summed E-state index contributed by atoms with van der Waals surface area (Å²) in [5, 5.41) is 18.7. The fourth-order valence-electron chi connectivity index (χ4n) is 1.90. The molecule has 1 aliphatic heterocycles. The van der Waals surface area contributed by atoms with Gasteiger partial charge in [0.1, 0.15) is 15.9 Å². The summed E-state index contributed by atoms with van der Waals surface area (Å²) in [5.41, 5.74) is 0.490. The Morgan fingerprint density at radius 3 is 2.69 bits per heavy atom. The zero-order chi connectivity index (χ0) is 11.5. The third kappa shape index (κ3) is 2.02. The van der Waals surface area contributed by atoms with E-state index in [2.05, 4.69) is 11.0 Å². The van der Waals surface area contributed by atoms with Gasteiger partial charge in [0.25, 0.3) is 0 Å². The minimum Gasteiger partial charge on any atom is -0.477 e. The molecule has 1 aromatic rings. The summed E-state index contributed by atoms with van der Waals surface area (Å²) in [7, 11) is 0. The smallest absolute Gasteiger partial charge is 0.345 e. The molecule has 0 bridgehead atoms. The zero-order valence-electron chi connectivity index (χ0n) is 8.77. The molecule has 1 saturated heterocycles. The molecule has 5 heteroatoms. The van der Waals surface area contributed by atoms with Crippen LogP contribution in [0.15, 0.2) is 6.07 Å². The van der Waals surface area contributed by atoms with Crippen molar-refractivity contribution in [3.63, 3.8) is 0 Å². The topological polar surface area (TPSA) is 64.3 Å². The Labute approximate surface area is 97.7 Å². The highest BCUT2D eigenvalue weighted by atomic mass is 32.1. The maximum absolute atomic E-state index is 10.8. The molecule has 0 unspecified atom stereocenters. The first-order chi connectivity index (χ1) is 7.72. The second-order valence-electron chi connectivity index (χ2n) is 3.79. The van der Waals surface area contributed by atoms with E-state index in [1.807, 2.05) is 0 Å². The number of carbonyl (C=O) groups is 1. The molecule has 0 saturated carbocycles. The average Bonchev–Trinajstić information content (AvgIpc) is 2.74. The Morgan fingerprint density at radius 1 is 1.44 bits per heavy atom. The van der Waals surface area contributed by atoms with Gasteiger partial charge in [0.05, 0.1) is 5.56 Å². The molecule has 1 aromatic heterocycles. The van der Waals surface area contributed by atoms with Gasteiger partial charge in [-0.3, -0.25) is 0 Å². The molecule has 2 heterocycles. The Bertz CT molecular complexity index is 441. The normalized spacial score (nSPS) is 15.8. The lowest BCUT2D eigenvalue weighted by molar-refractivity contribution is 0.0702. The van der Waals surface area contributed by atoms with Gasteiger partial charge in [-0.1, -0.05) is 0 Å². The van der Waals surface area contributed by atoms with Crippen LogP contribution in [0, 0.1) is 11.3 Å². The maximum atomic E-state index is 10.8. The number of piperidine rings is 1. The minimum atomic E-state index is -0.954. The predicted octanol–water partition coefficient (Wildman–Crippen LogP) is 2.31. The highest BCUT2D eigenvalue weighted by Crippen LogP contribution is 2.32. The van der Waals surface area contributed by atoms with E-state index >= 15 is 0 Å². The molecule has 0 spiro atoms. The lowest BCUT2D eigenvalue weighted by atomic mass is 10.1. The van der Waals surface area contributed by atoms with Crippen molar-refractivity contribution in [1.29, 1.82) is 5.26 Å². The maximum Gasteiger partial charge on any atom is 0.345 e. The number of hydrogen-bond donors (Lipinski definition) is 1. The van der Waals surface area contributed by atoms with Gasteiger partial charge >= 0.3 is 5.97 Å². The molecule has 16 heavy (non-hydrogen) atoms. The zero-order valence-corrected chi connectivity index (χ0v) is 9.59. The SMILES string of the molecule is N#Cc1cc(C(=O)O)sc1N1CCCCC1. The average molecular weight is 236 g/mol. The van der Waals surface area contributed by atoms with E-state index < -0.39 is 5.97 Å². The number of hydrogen-bond acceptors (Lipinski definition) is 4. The molecular formula is C11H12N2O2S. The fraction of sp³-hybridized carbons (Fsp3) is 0.455. The Balaban J connectivity index is 2.31. The van der Waals surface area contributed by atoms with E-state index in [9.17, 15) is 4.79 Å². The molecule has 84 valence electrons. The number of carboxylic acid groups (broad SMARTS) is 1. The number of nitriles is 1. The van der Waals surface area contributed by atoms with Crippen LogP contribution in [0.4, 0.5) is 5.00 Å². The van der Waals surface area contributed by atoms with Gasteiger partial charge in [0, 0.05) is 13.1 Å². The number of aromatic carboxylic acids is 1. The number of anilines is 1. The van der Waals surface area contributed by atoms with Gasteiger partial charge in [0.15, 0.2) is 0 Å². The van der Waals surface area contributed by atoms with Gasteiger partial charge in [-0.2, -0.15) is 5.26 Å². The third-order valence-corrected chi connectivity index (χ3v) is 3.87. The van der Waals surface area contributed by atoms with E-state index in [0.29, 0.717) is 5.56 Å². The Morgan fingerprint density at radius 2 is 2.12 bits per heavy atom. The van der Waals surface area contributed by atoms with E-state index in [4.69, 9.17) is 10.4 Å². The molecular weight excluding hydrogens is 224 g/mol. The van der Waals surface area contributed by atoms with E-state index in [-0.39, 0.29) is 4.88 Å². The lowest BCUT2D eigenvalue weighted by Gasteiger charge is -2.27. The van der Waals surface area contributed by atoms with E-state index in [1.165, 1.54) is 23.8 Å². The molecule has 1 N–H and O–H groups in total. The summed E-state index contributed by atoms with van der Waals surface area (Å²) in [4.78, 5) is 13.2. The minimum absolute atomic E-state index is 0.247. The van der Waals surface area contributed by atoms with Crippen molar-refractivity contribution in [2.45, 2.75) is 19.3 Å². The monoisotopic (exact) mass is 236 g/mol. The Hall–Kier alpha value is -1.54. The van der Waals surface area contributed by atoms with Gasteiger partial charge in [-0.15, -0.1) is 11.3 Å². The van der Waals surface area contributed by atoms with Crippen molar-refractivity contribution in [1.82, 2.24) is 0 Å². The van der Waals surface area contributed by atoms with Gasteiger partial charge in [-0.05, 0) is 25.3 Å².